The SMILES string of the molecule is CCN(CC)CCNC(=S)N(Cc1cc(=O)[nH]c2ccccc12)C(C)C. The number of para-hydroxylation sites is 1. The maximum atomic E-state index is 12.0. The average Bonchev–Trinajstić information content (AvgIpc) is 2.62. The van der Waals surface area contributed by atoms with Gasteiger partial charge >= 0.3 is 0 Å². The van der Waals surface area contributed by atoms with Crippen molar-refractivity contribution in [3.8, 4) is 0 Å². The Labute approximate surface area is 161 Å². The number of likely N-dealkylation sites (N-methyl/N-ethyl adjacent to an activating group) is 1. The molecule has 0 atom stereocenters. The number of aromatic amines is 1. The summed E-state index contributed by atoms with van der Waals surface area (Å²) < 4.78 is 0. The first-order valence-corrected chi connectivity index (χ1v) is 9.74. The number of pyridine rings is 1. The average molecular weight is 375 g/mol. The molecule has 0 unspecified atom stereocenters. The van der Waals surface area contributed by atoms with Gasteiger partial charge in [-0.1, -0.05) is 32.0 Å². The Bertz CT molecular complexity index is 783. The second-order valence-electron chi connectivity index (χ2n) is 6.68. The fourth-order valence-corrected chi connectivity index (χ4v) is 3.42. The largest absolute Gasteiger partial charge is 0.361 e. The Morgan fingerprint density at radius 3 is 2.58 bits per heavy atom. The van der Waals surface area contributed by atoms with Crippen LogP contribution in [0, 0.1) is 0 Å². The molecule has 0 saturated heterocycles. The van der Waals surface area contributed by atoms with Gasteiger partial charge in [-0.2, -0.15) is 0 Å². The summed E-state index contributed by atoms with van der Waals surface area (Å²) in [4.78, 5) is 19.4. The molecule has 0 radical (unpaired) electrons. The van der Waals surface area contributed by atoms with Crippen LogP contribution in [0.2, 0.25) is 0 Å². The van der Waals surface area contributed by atoms with Crippen molar-refractivity contribution >= 4 is 28.2 Å². The molecule has 2 N–H and O–H groups in total. The second-order valence-corrected chi connectivity index (χ2v) is 7.07. The Morgan fingerprint density at radius 2 is 1.92 bits per heavy atom. The van der Waals surface area contributed by atoms with Crippen LogP contribution in [0.15, 0.2) is 35.1 Å². The number of H-pyrrole nitrogens is 1. The number of hydrogen-bond donors (Lipinski definition) is 2. The zero-order valence-corrected chi connectivity index (χ0v) is 17.0. The van der Waals surface area contributed by atoms with Crippen LogP contribution >= 0.6 is 12.2 Å². The van der Waals surface area contributed by atoms with Gasteiger partial charge in [-0.15, -0.1) is 0 Å². The summed E-state index contributed by atoms with van der Waals surface area (Å²) in [5, 5.41) is 5.17. The molecule has 0 aliphatic carbocycles. The first-order chi connectivity index (χ1) is 12.5. The summed E-state index contributed by atoms with van der Waals surface area (Å²) in [7, 11) is 0. The van der Waals surface area contributed by atoms with Gasteiger partial charge in [0.1, 0.15) is 0 Å². The van der Waals surface area contributed by atoms with Gasteiger partial charge in [0.05, 0.1) is 0 Å². The minimum Gasteiger partial charge on any atom is -0.361 e. The van der Waals surface area contributed by atoms with Crippen LogP contribution in [0.3, 0.4) is 0 Å². The van der Waals surface area contributed by atoms with Crippen molar-refractivity contribution in [2.75, 3.05) is 26.2 Å². The van der Waals surface area contributed by atoms with Gasteiger partial charge in [0.2, 0.25) is 5.56 Å². The van der Waals surface area contributed by atoms with Crippen molar-refractivity contribution in [2.24, 2.45) is 0 Å². The number of nitrogens with zero attached hydrogens (tertiary/aromatic N) is 2. The van der Waals surface area contributed by atoms with E-state index in [-0.39, 0.29) is 11.6 Å². The van der Waals surface area contributed by atoms with Crippen LogP contribution in [0.25, 0.3) is 10.9 Å². The summed E-state index contributed by atoms with van der Waals surface area (Å²) in [6.07, 6.45) is 0. The monoisotopic (exact) mass is 374 g/mol. The smallest absolute Gasteiger partial charge is 0.248 e. The topological polar surface area (TPSA) is 51.4 Å². The number of nitrogens with one attached hydrogen (secondary N) is 2. The third-order valence-electron chi connectivity index (χ3n) is 4.66. The summed E-state index contributed by atoms with van der Waals surface area (Å²) in [5.41, 5.74) is 1.77. The molecule has 0 saturated carbocycles. The van der Waals surface area contributed by atoms with E-state index in [1.165, 1.54) is 0 Å². The molecular formula is C20H30N4OS. The van der Waals surface area contributed by atoms with Crippen molar-refractivity contribution in [1.29, 1.82) is 0 Å². The molecule has 1 aromatic carbocycles. The standard InChI is InChI=1S/C20H30N4OS/c1-5-23(6-2)12-11-21-20(26)24(15(3)4)14-16-13-19(25)22-18-10-8-7-9-17(16)18/h7-10,13,15H,5-6,11-12,14H2,1-4H3,(H,21,26)(H,22,25). The van der Waals surface area contributed by atoms with E-state index >= 15 is 0 Å². The fraction of sp³-hybridized carbons (Fsp3) is 0.500. The van der Waals surface area contributed by atoms with Crippen LogP contribution in [-0.2, 0) is 6.54 Å². The molecule has 26 heavy (non-hydrogen) atoms. The zero-order chi connectivity index (χ0) is 19.1. The quantitative estimate of drug-likeness (QED) is 0.696. The Morgan fingerprint density at radius 1 is 1.23 bits per heavy atom. The number of thiocarbonyl (C=S) groups is 1. The lowest BCUT2D eigenvalue weighted by Crippen LogP contribution is -2.45. The molecule has 0 spiro atoms. The lowest BCUT2D eigenvalue weighted by atomic mass is 10.1. The first kappa shape index (κ1) is 20.4. The second kappa shape index (κ2) is 9.69. The third-order valence-corrected chi connectivity index (χ3v) is 5.04. The van der Waals surface area contributed by atoms with E-state index in [1.807, 2.05) is 24.3 Å². The molecule has 2 aromatic rings. The molecule has 0 fully saturated rings. The summed E-state index contributed by atoms with van der Waals surface area (Å²) in [6, 6.07) is 9.81. The Kier molecular flexibility index (Phi) is 7.60. The highest BCUT2D eigenvalue weighted by Crippen LogP contribution is 2.17. The van der Waals surface area contributed by atoms with Gasteiger partial charge in [-0.3, -0.25) is 4.79 Å². The van der Waals surface area contributed by atoms with E-state index < -0.39 is 0 Å². The summed E-state index contributed by atoms with van der Waals surface area (Å²) in [5.74, 6) is 0. The predicted octanol–water partition coefficient (Wildman–Crippen LogP) is 2.95. The molecule has 1 heterocycles. The van der Waals surface area contributed by atoms with Crippen LogP contribution < -0.4 is 10.9 Å². The van der Waals surface area contributed by atoms with Crippen LogP contribution in [0.4, 0.5) is 0 Å². The van der Waals surface area contributed by atoms with Crippen molar-refractivity contribution in [3.05, 3.63) is 46.2 Å². The number of aromatic nitrogens is 1. The number of benzene rings is 1. The van der Waals surface area contributed by atoms with E-state index in [0.29, 0.717) is 6.54 Å². The molecule has 0 aliphatic rings. The maximum absolute atomic E-state index is 12.0. The predicted molar refractivity (Wildman–Crippen MR) is 114 cm³/mol. The first-order valence-electron chi connectivity index (χ1n) is 9.34. The zero-order valence-electron chi connectivity index (χ0n) is 16.2. The Hall–Kier alpha value is -1.92. The van der Waals surface area contributed by atoms with E-state index in [0.717, 1.165) is 47.8 Å². The number of hydrogen-bond acceptors (Lipinski definition) is 3. The van der Waals surface area contributed by atoms with Gasteiger partial charge in [0.15, 0.2) is 5.11 Å². The molecule has 5 nitrogen and oxygen atoms in total. The lowest BCUT2D eigenvalue weighted by molar-refractivity contribution is 0.300. The normalized spacial score (nSPS) is 11.3. The minimum atomic E-state index is -0.0807. The fourth-order valence-electron chi connectivity index (χ4n) is 3.04. The molecule has 142 valence electrons. The highest BCUT2D eigenvalue weighted by Gasteiger charge is 2.16. The van der Waals surface area contributed by atoms with Crippen LogP contribution in [0.5, 0.6) is 0 Å². The molecular weight excluding hydrogens is 344 g/mol. The van der Waals surface area contributed by atoms with E-state index in [9.17, 15) is 4.79 Å². The summed E-state index contributed by atoms with van der Waals surface area (Å²) >= 11 is 5.64. The molecule has 1 aromatic heterocycles. The van der Waals surface area contributed by atoms with Crippen molar-refractivity contribution in [1.82, 2.24) is 20.1 Å². The van der Waals surface area contributed by atoms with Crippen LogP contribution in [-0.4, -0.2) is 52.1 Å². The summed E-state index contributed by atoms with van der Waals surface area (Å²) in [6.45, 7) is 13.0. The van der Waals surface area contributed by atoms with Gasteiger partial charge in [-0.05, 0) is 50.8 Å². The van der Waals surface area contributed by atoms with Crippen molar-refractivity contribution in [2.45, 2.75) is 40.3 Å². The highest BCUT2D eigenvalue weighted by molar-refractivity contribution is 7.80. The van der Waals surface area contributed by atoms with E-state index in [4.69, 9.17) is 12.2 Å². The number of rotatable bonds is 8. The molecule has 2 rings (SSSR count). The molecule has 0 aliphatic heterocycles. The van der Waals surface area contributed by atoms with Crippen molar-refractivity contribution in [3.63, 3.8) is 0 Å². The van der Waals surface area contributed by atoms with Crippen LogP contribution in [0.1, 0.15) is 33.3 Å². The maximum Gasteiger partial charge on any atom is 0.248 e. The number of fused-ring (bicyclic) bond motifs is 1. The molecule has 0 bridgehead atoms. The van der Waals surface area contributed by atoms with Gasteiger partial charge < -0.3 is 20.1 Å². The van der Waals surface area contributed by atoms with Crippen molar-refractivity contribution < 1.29 is 0 Å². The van der Waals surface area contributed by atoms with Gasteiger partial charge in [-0.25, -0.2) is 0 Å². The minimum absolute atomic E-state index is 0.0807. The van der Waals surface area contributed by atoms with Gasteiger partial charge in [0.25, 0.3) is 0 Å². The highest BCUT2D eigenvalue weighted by atomic mass is 32.1. The van der Waals surface area contributed by atoms with E-state index in [2.05, 4.69) is 47.8 Å². The van der Waals surface area contributed by atoms with Gasteiger partial charge in [0, 0.05) is 42.6 Å². The van der Waals surface area contributed by atoms with E-state index in [1.54, 1.807) is 6.07 Å². The lowest BCUT2D eigenvalue weighted by Gasteiger charge is -2.30. The molecule has 6 heteroatoms. The third kappa shape index (κ3) is 5.29. The Balaban J connectivity index is 2.13. The molecule has 0 amide bonds.